The fraction of sp³-hybridized carbons (Fsp3) is 0.222. The van der Waals surface area contributed by atoms with Gasteiger partial charge in [0.15, 0.2) is 5.78 Å². The molecule has 0 spiro atoms. The molecule has 0 aliphatic heterocycles. The number of halogens is 1. The van der Waals surface area contributed by atoms with E-state index in [-0.39, 0.29) is 28.7 Å². The Morgan fingerprint density at radius 3 is 2.67 bits per heavy atom. The minimum Gasteiger partial charge on any atom is -0.494 e. The van der Waals surface area contributed by atoms with Crippen LogP contribution in [0.5, 0.6) is 5.88 Å². The normalized spacial score (nSPS) is 11.4. The lowest BCUT2D eigenvalue weighted by Gasteiger charge is -2.12. The number of Topliss-reactive ketones (excluding diaryl/α,β-unsaturated/α-hetero) is 1. The topological polar surface area (TPSA) is 93.7 Å². The van der Waals surface area contributed by atoms with Crippen LogP contribution in [0, 0.1) is 0 Å². The lowest BCUT2D eigenvalue weighted by Crippen LogP contribution is -2.39. The van der Waals surface area contributed by atoms with Crippen LogP contribution in [0.2, 0.25) is 5.02 Å². The Morgan fingerprint density at radius 1 is 1.33 bits per heavy atom. The van der Waals surface area contributed by atoms with E-state index in [9.17, 15) is 19.5 Å². The maximum absolute atomic E-state index is 12.5. The van der Waals surface area contributed by atoms with Crippen molar-refractivity contribution in [1.82, 2.24) is 9.13 Å². The lowest BCUT2D eigenvalue weighted by atomic mass is 10.1. The van der Waals surface area contributed by atoms with E-state index in [0.29, 0.717) is 10.6 Å². The van der Waals surface area contributed by atoms with E-state index in [0.717, 1.165) is 20.9 Å². The molecule has 0 unspecified atom stereocenters. The molecule has 0 atom stereocenters. The van der Waals surface area contributed by atoms with Crippen molar-refractivity contribution in [2.45, 2.75) is 0 Å². The summed E-state index contributed by atoms with van der Waals surface area (Å²) in [6.07, 6.45) is 1.52. The first-order chi connectivity index (χ1) is 12.8. The Morgan fingerprint density at radius 2 is 2.04 bits per heavy atom. The number of benzene rings is 1. The minimum atomic E-state index is -0.693. The van der Waals surface area contributed by atoms with Gasteiger partial charge in [0, 0.05) is 24.7 Å². The number of ketones is 1. The molecule has 1 heterocycles. The number of aliphatic imine (C=N–C) groups is 1. The fourth-order valence-corrected chi connectivity index (χ4v) is 3.36. The summed E-state index contributed by atoms with van der Waals surface area (Å²) in [5.74, 6) is -0.745. The van der Waals surface area contributed by atoms with Gasteiger partial charge in [0.2, 0.25) is 5.88 Å². The van der Waals surface area contributed by atoms with Crippen molar-refractivity contribution in [3.8, 4) is 5.88 Å². The number of hydrogen-bond acceptors (Lipinski definition) is 6. The molecule has 0 fully saturated rings. The maximum atomic E-state index is 12.5. The van der Waals surface area contributed by atoms with Crippen molar-refractivity contribution in [3.05, 3.63) is 73.9 Å². The van der Waals surface area contributed by atoms with Crippen LogP contribution in [0.1, 0.15) is 15.9 Å². The molecule has 1 N–H and O–H groups in total. The molecular weight excluding hydrogens is 390 g/mol. The van der Waals surface area contributed by atoms with Gasteiger partial charge < -0.3 is 5.11 Å². The van der Waals surface area contributed by atoms with E-state index >= 15 is 0 Å². The molecule has 142 valence electrons. The molecule has 27 heavy (non-hydrogen) atoms. The summed E-state index contributed by atoms with van der Waals surface area (Å²) in [5, 5.41) is 10.9. The molecule has 0 saturated carbocycles. The van der Waals surface area contributed by atoms with Crippen LogP contribution in [0.3, 0.4) is 0 Å². The van der Waals surface area contributed by atoms with Crippen LogP contribution >= 0.6 is 23.4 Å². The number of aromatic hydroxyl groups is 1. The van der Waals surface area contributed by atoms with Gasteiger partial charge in [0.25, 0.3) is 5.56 Å². The van der Waals surface area contributed by atoms with Gasteiger partial charge in [0.1, 0.15) is 10.6 Å². The van der Waals surface area contributed by atoms with E-state index < -0.39 is 17.1 Å². The van der Waals surface area contributed by atoms with Crippen LogP contribution in [-0.2, 0) is 14.1 Å². The third-order valence-corrected chi connectivity index (χ3v) is 4.95. The summed E-state index contributed by atoms with van der Waals surface area (Å²) >= 11 is 6.90. The highest BCUT2D eigenvalue weighted by Crippen LogP contribution is 2.20. The average Bonchev–Trinajstić information content (AvgIpc) is 2.66. The SMILES string of the molecule is C=CCN=C(SCC(=O)c1cccc(Cl)c1)c1c(O)n(C)c(=O)n(C)c1=O. The maximum Gasteiger partial charge on any atom is 0.333 e. The predicted octanol–water partition coefficient (Wildman–Crippen LogP) is 1.99. The fourth-order valence-electron chi connectivity index (χ4n) is 2.24. The zero-order chi connectivity index (χ0) is 20.1. The standard InChI is InChI=1S/C18H18ClN3O4S/c1-4-8-20-15(14-16(24)21(2)18(26)22(3)17(14)25)27-10-13(23)11-6-5-7-12(19)9-11/h4-7,9,24H,1,8,10H2,2-3H3. The number of hydrogen-bond donors (Lipinski definition) is 1. The van der Waals surface area contributed by atoms with E-state index in [2.05, 4.69) is 11.6 Å². The molecule has 0 aliphatic rings. The molecule has 0 saturated heterocycles. The van der Waals surface area contributed by atoms with Crippen molar-refractivity contribution in [3.63, 3.8) is 0 Å². The quantitative estimate of drug-likeness (QED) is 0.342. The van der Waals surface area contributed by atoms with Gasteiger partial charge in [-0.05, 0) is 12.1 Å². The van der Waals surface area contributed by atoms with Crippen molar-refractivity contribution in [1.29, 1.82) is 0 Å². The largest absolute Gasteiger partial charge is 0.494 e. The second-order valence-corrected chi connectivity index (χ2v) is 6.96. The van der Waals surface area contributed by atoms with Gasteiger partial charge >= 0.3 is 5.69 Å². The van der Waals surface area contributed by atoms with Crippen LogP contribution in [0.4, 0.5) is 0 Å². The number of thioether (sulfide) groups is 1. The molecule has 0 aliphatic carbocycles. The van der Waals surface area contributed by atoms with Crippen LogP contribution in [0.15, 0.2) is 51.5 Å². The molecule has 2 rings (SSSR count). The van der Waals surface area contributed by atoms with E-state index in [1.54, 1.807) is 24.3 Å². The van der Waals surface area contributed by atoms with E-state index in [4.69, 9.17) is 11.6 Å². The van der Waals surface area contributed by atoms with Crippen LogP contribution < -0.4 is 11.2 Å². The smallest absolute Gasteiger partial charge is 0.333 e. The first kappa shape index (κ1) is 20.7. The molecule has 7 nitrogen and oxygen atoms in total. The molecule has 0 radical (unpaired) electrons. The Labute approximate surface area is 164 Å². The Hall–Kier alpha value is -2.58. The number of carbonyl (C=O) groups is 1. The Kier molecular flexibility index (Phi) is 6.81. The molecule has 2 aromatic rings. The highest BCUT2D eigenvalue weighted by molar-refractivity contribution is 8.15. The first-order valence-corrected chi connectivity index (χ1v) is 9.20. The van der Waals surface area contributed by atoms with Crippen LogP contribution in [-0.4, -0.2) is 37.4 Å². The van der Waals surface area contributed by atoms with Crippen molar-refractivity contribution < 1.29 is 9.90 Å². The zero-order valence-electron chi connectivity index (χ0n) is 14.8. The summed E-state index contributed by atoms with van der Waals surface area (Å²) < 4.78 is 1.82. The van der Waals surface area contributed by atoms with E-state index in [1.807, 2.05) is 0 Å². The molecule has 0 amide bonds. The minimum absolute atomic E-state index is 0.0260. The Bertz CT molecular complexity index is 1040. The summed E-state index contributed by atoms with van der Waals surface area (Å²) in [4.78, 5) is 41.0. The number of rotatable bonds is 6. The zero-order valence-corrected chi connectivity index (χ0v) is 16.4. The van der Waals surface area contributed by atoms with Crippen LogP contribution in [0.25, 0.3) is 0 Å². The monoisotopic (exact) mass is 407 g/mol. The summed E-state index contributed by atoms with van der Waals surface area (Å²) in [6, 6.07) is 6.52. The molecule has 1 aromatic heterocycles. The van der Waals surface area contributed by atoms with Crippen molar-refractivity contribution >= 4 is 34.2 Å². The van der Waals surface area contributed by atoms with Gasteiger partial charge in [-0.1, -0.05) is 41.6 Å². The molecule has 9 heteroatoms. The average molecular weight is 408 g/mol. The Balaban J connectivity index is 2.41. The van der Waals surface area contributed by atoms with Crippen molar-refractivity contribution in [2.24, 2.45) is 19.1 Å². The second kappa shape index (κ2) is 8.88. The summed E-state index contributed by atoms with van der Waals surface area (Å²) in [6.45, 7) is 3.75. The highest BCUT2D eigenvalue weighted by Gasteiger charge is 2.21. The lowest BCUT2D eigenvalue weighted by molar-refractivity contribution is 0.102. The van der Waals surface area contributed by atoms with Crippen molar-refractivity contribution in [2.75, 3.05) is 12.3 Å². The third-order valence-electron chi connectivity index (χ3n) is 3.70. The van der Waals surface area contributed by atoms with Gasteiger partial charge in [-0.15, -0.1) is 6.58 Å². The van der Waals surface area contributed by atoms with Gasteiger partial charge in [-0.2, -0.15) is 0 Å². The third kappa shape index (κ3) is 4.58. The first-order valence-electron chi connectivity index (χ1n) is 7.84. The molecular formula is C18H18ClN3O4S. The summed E-state index contributed by atoms with van der Waals surface area (Å²) in [7, 11) is 2.65. The number of nitrogens with zero attached hydrogens (tertiary/aromatic N) is 3. The van der Waals surface area contributed by atoms with Gasteiger partial charge in [-0.3, -0.25) is 23.7 Å². The van der Waals surface area contributed by atoms with E-state index in [1.165, 1.54) is 20.2 Å². The summed E-state index contributed by atoms with van der Waals surface area (Å²) in [5.41, 5.74) is -1.06. The highest BCUT2D eigenvalue weighted by atomic mass is 35.5. The molecule has 1 aromatic carbocycles. The molecule has 0 bridgehead atoms. The second-order valence-electron chi connectivity index (χ2n) is 5.56. The van der Waals surface area contributed by atoms with Gasteiger partial charge in [-0.25, -0.2) is 4.79 Å². The predicted molar refractivity (Wildman–Crippen MR) is 108 cm³/mol. The number of aromatic nitrogens is 2. The number of carbonyl (C=O) groups excluding carboxylic acids is 1. The van der Waals surface area contributed by atoms with Gasteiger partial charge in [0.05, 0.1) is 12.3 Å².